The fourth-order valence-corrected chi connectivity index (χ4v) is 1.64. The van der Waals surface area contributed by atoms with Crippen LogP contribution in [0.1, 0.15) is 12.0 Å². The maximum atomic E-state index is 10.6. The summed E-state index contributed by atoms with van der Waals surface area (Å²) in [6, 6.07) is 1.51. The van der Waals surface area contributed by atoms with Crippen molar-refractivity contribution < 1.29 is 4.92 Å². The molecule has 0 amide bonds. The number of hydrogen-bond acceptors (Lipinski definition) is 6. The normalized spacial score (nSPS) is 10.4. The molecule has 0 aliphatic rings. The van der Waals surface area contributed by atoms with Crippen LogP contribution < -0.4 is 5.32 Å². The van der Waals surface area contributed by atoms with Gasteiger partial charge < -0.3 is 5.32 Å². The quantitative estimate of drug-likeness (QED) is 0.480. The number of pyridine rings is 1. The topological polar surface area (TPSA) is 98.8 Å². The second-order valence-electron chi connectivity index (χ2n) is 4.06. The Labute approximate surface area is 109 Å². The summed E-state index contributed by atoms with van der Waals surface area (Å²) in [6.45, 7) is 3.27. The van der Waals surface area contributed by atoms with E-state index in [1.807, 2.05) is 0 Å². The van der Waals surface area contributed by atoms with Crippen LogP contribution in [-0.2, 0) is 6.54 Å². The van der Waals surface area contributed by atoms with Crippen LogP contribution in [0.4, 0.5) is 11.5 Å². The Morgan fingerprint density at radius 3 is 3.00 bits per heavy atom. The molecule has 2 heterocycles. The maximum absolute atomic E-state index is 10.6. The Bertz CT molecular complexity index is 554. The molecule has 0 atom stereocenters. The van der Waals surface area contributed by atoms with Crippen molar-refractivity contribution in [3.05, 3.63) is 40.3 Å². The predicted molar refractivity (Wildman–Crippen MR) is 68.8 cm³/mol. The molecule has 2 aromatic heterocycles. The monoisotopic (exact) mass is 262 g/mol. The third kappa shape index (κ3) is 3.47. The lowest BCUT2D eigenvalue weighted by molar-refractivity contribution is -0.385. The van der Waals surface area contributed by atoms with Crippen molar-refractivity contribution in [1.82, 2.24) is 20.0 Å². The van der Waals surface area contributed by atoms with Gasteiger partial charge in [-0.1, -0.05) is 5.21 Å². The van der Waals surface area contributed by atoms with Gasteiger partial charge in [0.15, 0.2) is 0 Å². The Kier molecular flexibility index (Phi) is 4.01. The van der Waals surface area contributed by atoms with Crippen molar-refractivity contribution in [2.75, 3.05) is 11.9 Å². The molecule has 8 nitrogen and oxygen atoms in total. The van der Waals surface area contributed by atoms with E-state index in [1.54, 1.807) is 24.0 Å². The van der Waals surface area contributed by atoms with Gasteiger partial charge in [0.05, 0.1) is 11.1 Å². The van der Waals surface area contributed by atoms with Crippen molar-refractivity contribution in [3.8, 4) is 0 Å². The first-order valence-electron chi connectivity index (χ1n) is 5.86. The fourth-order valence-electron chi connectivity index (χ4n) is 1.64. The zero-order valence-corrected chi connectivity index (χ0v) is 10.5. The van der Waals surface area contributed by atoms with Gasteiger partial charge in [-0.2, -0.15) is 0 Å². The minimum Gasteiger partial charge on any atom is -0.370 e. The molecule has 0 aromatic carbocycles. The number of anilines is 1. The highest BCUT2D eigenvalue weighted by atomic mass is 16.6. The number of aromatic nitrogens is 4. The van der Waals surface area contributed by atoms with Gasteiger partial charge in [0.25, 0.3) is 5.69 Å². The molecule has 0 unspecified atom stereocenters. The standard InChI is InChI=1S/C11H14N6O2/c1-9-7-10(17(18)19)8-13-11(9)12-3-2-5-16-6-4-14-15-16/h4,6-8H,2-3,5H2,1H3,(H,12,13). The van der Waals surface area contributed by atoms with Gasteiger partial charge in [0.1, 0.15) is 12.0 Å². The van der Waals surface area contributed by atoms with Crippen LogP contribution in [0.5, 0.6) is 0 Å². The lowest BCUT2D eigenvalue weighted by Crippen LogP contribution is -2.09. The summed E-state index contributed by atoms with van der Waals surface area (Å²) in [7, 11) is 0. The number of hydrogen-bond donors (Lipinski definition) is 1. The fraction of sp³-hybridized carbons (Fsp3) is 0.364. The first kappa shape index (κ1) is 12.9. The molecule has 2 rings (SSSR count). The van der Waals surface area contributed by atoms with E-state index in [2.05, 4.69) is 20.6 Å². The van der Waals surface area contributed by atoms with Crippen LogP contribution >= 0.6 is 0 Å². The highest BCUT2D eigenvalue weighted by molar-refractivity contribution is 5.48. The van der Waals surface area contributed by atoms with E-state index in [0.717, 1.165) is 18.5 Å². The summed E-state index contributed by atoms with van der Waals surface area (Å²) in [6.07, 6.45) is 5.55. The molecule has 2 aromatic rings. The zero-order chi connectivity index (χ0) is 13.7. The lowest BCUT2D eigenvalue weighted by Gasteiger charge is -2.07. The van der Waals surface area contributed by atoms with Gasteiger partial charge in [0.2, 0.25) is 0 Å². The maximum Gasteiger partial charge on any atom is 0.287 e. The molecule has 0 saturated heterocycles. The largest absolute Gasteiger partial charge is 0.370 e. The molecule has 19 heavy (non-hydrogen) atoms. The summed E-state index contributed by atoms with van der Waals surface area (Å²) in [5.74, 6) is 0.671. The summed E-state index contributed by atoms with van der Waals surface area (Å²) >= 11 is 0. The molecule has 0 bridgehead atoms. The zero-order valence-electron chi connectivity index (χ0n) is 10.5. The van der Waals surface area contributed by atoms with E-state index in [0.29, 0.717) is 12.4 Å². The minimum atomic E-state index is -0.450. The van der Waals surface area contributed by atoms with Gasteiger partial charge in [-0.15, -0.1) is 5.10 Å². The van der Waals surface area contributed by atoms with E-state index in [9.17, 15) is 10.1 Å². The van der Waals surface area contributed by atoms with Crippen LogP contribution in [0.15, 0.2) is 24.7 Å². The molecular formula is C11H14N6O2. The molecule has 1 N–H and O–H groups in total. The van der Waals surface area contributed by atoms with Crippen LogP contribution in [0.3, 0.4) is 0 Å². The third-order valence-electron chi connectivity index (χ3n) is 2.60. The molecule has 0 radical (unpaired) electrons. The molecule has 0 aliphatic heterocycles. The second-order valence-corrected chi connectivity index (χ2v) is 4.06. The van der Waals surface area contributed by atoms with Crippen LogP contribution in [0.25, 0.3) is 0 Å². The first-order chi connectivity index (χ1) is 9.16. The summed E-state index contributed by atoms with van der Waals surface area (Å²) in [5.41, 5.74) is 0.764. The number of aryl methyl sites for hydroxylation is 2. The number of nitrogens with zero attached hydrogens (tertiary/aromatic N) is 5. The first-order valence-corrected chi connectivity index (χ1v) is 5.86. The van der Waals surface area contributed by atoms with E-state index < -0.39 is 4.92 Å². The SMILES string of the molecule is Cc1cc([N+](=O)[O-])cnc1NCCCn1ccnn1. The average Bonchev–Trinajstić information content (AvgIpc) is 2.89. The minimum absolute atomic E-state index is 0.00525. The Morgan fingerprint density at radius 1 is 1.53 bits per heavy atom. The molecule has 0 fully saturated rings. The van der Waals surface area contributed by atoms with Crippen LogP contribution in [-0.4, -0.2) is 31.4 Å². The predicted octanol–water partition coefficient (Wildman–Crippen LogP) is 1.39. The summed E-state index contributed by atoms with van der Waals surface area (Å²) in [4.78, 5) is 14.2. The van der Waals surface area contributed by atoms with Crippen molar-refractivity contribution in [1.29, 1.82) is 0 Å². The number of nitro groups is 1. The van der Waals surface area contributed by atoms with E-state index in [4.69, 9.17) is 0 Å². The van der Waals surface area contributed by atoms with E-state index >= 15 is 0 Å². The Balaban J connectivity index is 1.84. The molecule has 8 heteroatoms. The molecule has 100 valence electrons. The smallest absolute Gasteiger partial charge is 0.287 e. The lowest BCUT2D eigenvalue weighted by atomic mass is 10.2. The third-order valence-corrected chi connectivity index (χ3v) is 2.60. The molecular weight excluding hydrogens is 248 g/mol. The summed E-state index contributed by atoms with van der Waals surface area (Å²) in [5, 5.41) is 21.3. The van der Waals surface area contributed by atoms with Gasteiger partial charge in [-0.3, -0.25) is 14.8 Å². The van der Waals surface area contributed by atoms with Crippen LogP contribution in [0.2, 0.25) is 0 Å². The highest BCUT2D eigenvalue weighted by Crippen LogP contribution is 2.17. The van der Waals surface area contributed by atoms with Crippen molar-refractivity contribution in [3.63, 3.8) is 0 Å². The second kappa shape index (κ2) is 5.89. The van der Waals surface area contributed by atoms with Gasteiger partial charge in [-0.05, 0) is 18.9 Å². The average molecular weight is 262 g/mol. The van der Waals surface area contributed by atoms with Gasteiger partial charge in [0, 0.05) is 25.4 Å². The van der Waals surface area contributed by atoms with Gasteiger partial charge >= 0.3 is 0 Å². The molecule has 0 aliphatic carbocycles. The molecule has 0 saturated carbocycles. The number of nitrogens with one attached hydrogen (secondary N) is 1. The Hall–Kier alpha value is -2.51. The van der Waals surface area contributed by atoms with Gasteiger partial charge in [-0.25, -0.2) is 4.98 Å². The summed E-state index contributed by atoms with van der Waals surface area (Å²) < 4.78 is 1.75. The Morgan fingerprint density at radius 2 is 2.37 bits per heavy atom. The van der Waals surface area contributed by atoms with Crippen molar-refractivity contribution in [2.45, 2.75) is 19.9 Å². The van der Waals surface area contributed by atoms with E-state index in [-0.39, 0.29) is 5.69 Å². The van der Waals surface area contributed by atoms with E-state index in [1.165, 1.54) is 12.3 Å². The highest BCUT2D eigenvalue weighted by Gasteiger charge is 2.08. The van der Waals surface area contributed by atoms with Crippen molar-refractivity contribution >= 4 is 11.5 Å². The van der Waals surface area contributed by atoms with Crippen LogP contribution in [0, 0.1) is 17.0 Å². The number of rotatable bonds is 6. The van der Waals surface area contributed by atoms with Crippen molar-refractivity contribution in [2.24, 2.45) is 0 Å². The molecule has 0 spiro atoms.